The second kappa shape index (κ2) is 6.05. The summed E-state index contributed by atoms with van der Waals surface area (Å²) < 4.78 is 0. The minimum absolute atomic E-state index is 0.111. The van der Waals surface area contributed by atoms with E-state index in [1.807, 2.05) is 6.07 Å². The summed E-state index contributed by atoms with van der Waals surface area (Å²) in [7, 11) is 0. The van der Waals surface area contributed by atoms with Gasteiger partial charge in [0.25, 0.3) is 0 Å². The van der Waals surface area contributed by atoms with Gasteiger partial charge in [0.2, 0.25) is 0 Å². The van der Waals surface area contributed by atoms with Gasteiger partial charge in [-0.15, -0.1) is 0 Å². The molecule has 1 saturated heterocycles. The van der Waals surface area contributed by atoms with E-state index in [0.29, 0.717) is 22.6 Å². The Morgan fingerprint density at radius 1 is 1.43 bits per heavy atom. The second-order valence-corrected chi connectivity index (χ2v) is 5.30. The first-order chi connectivity index (χ1) is 10.3. The molecule has 2 aromatic rings. The fourth-order valence-corrected chi connectivity index (χ4v) is 2.86. The van der Waals surface area contributed by atoms with Crippen LogP contribution in [0.15, 0.2) is 30.5 Å². The highest BCUT2D eigenvalue weighted by Crippen LogP contribution is 2.32. The average Bonchev–Trinajstić information content (AvgIpc) is 3.00. The zero-order valence-electron chi connectivity index (χ0n) is 11.7. The number of nitrogens with zero attached hydrogens (tertiary/aromatic N) is 2. The Kier molecular flexibility index (Phi) is 3.96. The quantitative estimate of drug-likeness (QED) is 0.652. The third kappa shape index (κ3) is 2.95. The molecule has 6 heteroatoms. The number of benzene rings is 1. The van der Waals surface area contributed by atoms with Crippen LogP contribution < -0.4 is 10.6 Å². The van der Waals surface area contributed by atoms with E-state index >= 15 is 0 Å². The molecule has 1 fully saturated rings. The van der Waals surface area contributed by atoms with Crippen LogP contribution in [0.5, 0.6) is 0 Å². The van der Waals surface area contributed by atoms with Crippen LogP contribution in [0.3, 0.4) is 0 Å². The summed E-state index contributed by atoms with van der Waals surface area (Å²) in [6.45, 7) is 1.80. The summed E-state index contributed by atoms with van der Waals surface area (Å²) in [6, 6.07) is 7.55. The number of anilines is 1. The van der Waals surface area contributed by atoms with Crippen LogP contribution >= 0.6 is 0 Å². The first-order valence-electron chi connectivity index (χ1n) is 7.25. The Hall–Kier alpha value is -2.21. The summed E-state index contributed by atoms with van der Waals surface area (Å²) in [5, 5.41) is 18.6. The van der Waals surface area contributed by atoms with Crippen molar-refractivity contribution in [1.82, 2.24) is 10.3 Å². The fourth-order valence-electron chi connectivity index (χ4n) is 2.86. The highest BCUT2D eigenvalue weighted by atomic mass is 16.6. The maximum atomic E-state index is 11.4. The Morgan fingerprint density at radius 2 is 2.33 bits per heavy atom. The number of hydrogen-bond acceptors (Lipinski definition) is 5. The van der Waals surface area contributed by atoms with Crippen LogP contribution in [-0.2, 0) is 0 Å². The van der Waals surface area contributed by atoms with E-state index in [1.165, 1.54) is 12.8 Å². The van der Waals surface area contributed by atoms with Gasteiger partial charge >= 0.3 is 5.69 Å². The molecule has 1 atom stereocenters. The Balaban J connectivity index is 1.80. The van der Waals surface area contributed by atoms with Crippen molar-refractivity contribution >= 4 is 22.3 Å². The first kappa shape index (κ1) is 13.8. The molecule has 0 unspecified atom stereocenters. The van der Waals surface area contributed by atoms with E-state index in [9.17, 15) is 10.1 Å². The van der Waals surface area contributed by atoms with Gasteiger partial charge in [0.05, 0.1) is 15.8 Å². The van der Waals surface area contributed by atoms with Crippen molar-refractivity contribution in [2.24, 2.45) is 0 Å². The largest absolute Gasteiger partial charge is 0.379 e. The van der Waals surface area contributed by atoms with Crippen LogP contribution in [-0.4, -0.2) is 29.0 Å². The molecule has 2 heterocycles. The van der Waals surface area contributed by atoms with Crippen LogP contribution in [0.2, 0.25) is 0 Å². The van der Waals surface area contributed by atoms with Gasteiger partial charge < -0.3 is 10.6 Å². The van der Waals surface area contributed by atoms with E-state index in [-0.39, 0.29) is 10.6 Å². The van der Waals surface area contributed by atoms with Gasteiger partial charge in [0, 0.05) is 18.8 Å². The van der Waals surface area contributed by atoms with Gasteiger partial charge in [-0.25, -0.2) is 0 Å². The number of hydrogen-bond donors (Lipinski definition) is 2. The summed E-state index contributed by atoms with van der Waals surface area (Å²) in [5.74, 6) is 0. The maximum absolute atomic E-state index is 11.4. The maximum Gasteiger partial charge on any atom is 0.301 e. The van der Waals surface area contributed by atoms with Crippen LogP contribution in [0.1, 0.15) is 19.3 Å². The monoisotopic (exact) mass is 286 g/mol. The molecule has 110 valence electrons. The van der Waals surface area contributed by atoms with E-state index in [1.54, 1.807) is 24.4 Å². The van der Waals surface area contributed by atoms with Crippen molar-refractivity contribution in [1.29, 1.82) is 0 Å². The average molecular weight is 286 g/mol. The summed E-state index contributed by atoms with van der Waals surface area (Å²) >= 11 is 0. The summed E-state index contributed by atoms with van der Waals surface area (Å²) in [4.78, 5) is 15.2. The van der Waals surface area contributed by atoms with E-state index in [4.69, 9.17) is 0 Å². The smallest absolute Gasteiger partial charge is 0.301 e. The number of rotatable bonds is 5. The Labute approximate surface area is 122 Å². The van der Waals surface area contributed by atoms with Gasteiger partial charge in [-0.3, -0.25) is 15.1 Å². The molecular weight excluding hydrogens is 268 g/mol. The molecular formula is C15H18N4O2. The Bertz CT molecular complexity index is 653. The third-order valence-corrected chi connectivity index (χ3v) is 3.91. The molecule has 1 aromatic heterocycles. The predicted octanol–water partition coefficient (Wildman–Crippen LogP) is 2.70. The third-order valence-electron chi connectivity index (χ3n) is 3.91. The molecule has 1 aliphatic heterocycles. The summed E-state index contributed by atoms with van der Waals surface area (Å²) in [5.41, 5.74) is 1.32. The SMILES string of the molecule is O=[N+]([O-])c1c(NCC[C@H]2CCCN2)ccc2ncccc12. The lowest BCUT2D eigenvalue weighted by molar-refractivity contribution is -0.382. The molecule has 2 N–H and O–H groups in total. The lowest BCUT2D eigenvalue weighted by Gasteiger charge is -2.12. The minimum atomic E-state index is -0.333. The zero-order valence-corrected chi connectivity index (χ0v) is 11.7. The van der Waals surface area contributed by atoms with Crippen molar-refractivity contribution in [3.8, 4) is 0 Å². The minimum Gasteiger partial charge on any atom is -0.379 e. The molecule has 0 spiro atoms. The zero-order chi connectivity index (χ0) is 14.7. The molecule has 1 aliphatic rings. The number of nitrogens with one attached hydrogen (secondary N) is 2. The van der Waals surface area contributed by atoms with Crippen molar-refractivity contribution < 1.29 is 4.92 Å². The highest BCUT2D eigenvalue weighted by Gasteiger charge is 2.19. The number of fused-ring (bicyclic) bond motifs is 1. The molecule has 0 aliphatic carbocycles. The molecule has 1 aromatic carbocycles. The first-order valence-corrected chi connectivity index (χ1v) is 7.25. The van der Waals surface area contributed by atoms with Crippen molar-refractivity contribution in [3.05, 3.63) is 40.6 Å². The topological polar surface area (TPSA) is 80.1 Å². The van der Waals surface area contributed by atoms with Crippen molar-refractivity contribution in [2.75, 3.05) is 18.4 Å². The van der Waals surface area contributed by atoms with E-state index < -0.39 is 0 Å². The molecule has 0 amide bonds. The number of aromatic nitrogens is 1. The van der Waals surface area contributed by atoms with E-state index in [2.05, 4.69) is 15.6 Å². The summed E-state index contributed by atoms with van der Waals surface area (Å²) in [6.07, 6.45) is 5.02. The lowest BCUT2D eigenvalue weighted by atomic mass is 10.1. The van der Waals surface area contributed by atoms with Gasteiger partial charge in [0.15, 0.2) is 0 Å². The standard InChI is InChI=1S/C15H18N4O2/c20-19(21)15-12-4-2-9-17-13(12)5-6-14(15)18-10-7-11-3-1-8-16-11/h2,4-6,9,11,16,18H,1,3,7-8,10H2/t11-/m1/s1. The van der Waals surface area contributed by atoms with Gasteiger partial charge in [-0.2, -0.15) is 0 Å². The molecule has 3 rings (SSSR count). The van der Waals surface area contributed by atoms with E-state index in [0.717, 1.165) is 19.5 Å². The number of nitro groups is 1. The van der Waals surface area contributed by atoms with Crippen LogP contribution in [0.4, 0.5) is 11.4 Å². The van der Waals surface area contributed by atoms with Crippen molar-refractivity contribution in [2.45, 2.75) is 25.3 Å². The molecule has 21 heavy (non-hydrogen) atoms. The highest BCUT2D eigenvalue weighted by molar-refractivity contribution is 5.94. The molecule has 0 saturated carbocycles. The number of pyridine rings is 1. The van der Waals surface area contributed by atoms with Crippen molar-refractivity contribution in [3.63, 3.8) is 0 Å². The van der Waals surface area contributed by atoms with Crippen LogP contribution in [0, 0.1) is 10.1 Å². The fraction of sp³-hybridized carbons (Fsp3) is 0.400. The van der Waals surface area contributed by atoms with Gasteiger partial charge in [-0.1, -0.05) is 0 Å². The molecule has 0 bridgehead atoms. The Morgan fingerprint density at radius 3 is 3.10 bits per heavy atom. The lowest BCUT2D eigenvalue weighted by Crippen LogP contribution is -2.24. The molecule has 0 radical (unpaired) electrons. The van der Waals surface area contributed by atoms with Crippen LogP contribution in [0.25, 0.3) is 10.9 Å². The predicted molar refractivity (Wildman–Crippen MR) is 82.5 cm³/mol. The second-order valence-electron chi connectivity index (χ2n) is 5.30. The normalized spacial score (nSPS) is 18.0. The van der Waals surface area contributed by atoms with Gasteiger partial charge in [-0.05, 0) is 50.1 Å². The molecule has 6 nitrogen and oxygen atoms in total. The number of nitro benzene ring substituents is 1. The van der Waals surface area contributed by atoms with Gasteiger partial charge in [0.1, 0.15) is 5.69 Å².